The van der Waals surface area contributed by atoms with E-state index in [2.05, 4.69) is 26.2 Å². The Bertz CT molecular complexity index is 664. The van der Waals surface area contributed by atoms with Crippen LogP contribution in [0.15, 0.2) is 41.0 Å². The lowest BCUT2D eigenvalue weighted by atomic mass is 10.1. The van der Waals surface area contributed by atoms with Crippen LogP contribution in [0.3, 0.4) is 0 Å². The van der Waals surface area contributed by atoms with E-state index in [0.717, 1.165) is 0 Å². The number of benzene rings is 1. The second kappa shape index (κ2) is 7.58. The number of aromatic nitrogens is 1. The molecule has 116 valence electrons. The highest BCUT2D eigenvalue weighted by molar-refractivity contribution is 9.10. The first-order valence-electron chi connectivity index (χ1n) is 6.42. The van der Waals surface area contributed by atoms with Gasteiger partial charge in [-0.2, -0.15) is 0 Å². The van der Waals surface area contributed by atoms with Crippen molar-refractivity contribution in [3.05, 3.63) is 57.3 Å². The van der Waals surface area contributed by atoms with Crippen LogP contribution in [0.5, 0.6) is 5.75 Å². The first kappa shape index (κ1) is 16.7. The third-order valence-electron chi connectivity index (χ3n) is 3.01. The average Bonchev–Trinajstić information content (AvgIpc) is 2.54. The first-order valence-corrected chi connectivity index (χ1v) is 7.59. The summed E-state index contributed by atoms with van der Waals surface area (Å²) in [5, 5.41) is 12.8. The molecule has 0 saturated carbocycles. The van der Waals surface area contributed by atoms with Crippen molar-refractivity contribution in [2.75, 3.05) is 13.7 Å². The number of nitrogens with zero attached hydrogens (tertiary/aromatic N) is 1. The van der Waals surface area contributed by atoms with E-state index < -0.39 is 12.0 Å². The normalized spacial score (nSPS) is 11.8. The number of halogens is 2. The molecule has 1 heterocycles. The van der Waals surface area contributed by atoms with Gasteiger partial charge in [-0.3, -0.25) is 4.79 Å². The molecule has 1 amide bonds. The van der Waals surface area contributed by atoms with Gasteiger partial charge in [-0.05, 0) is 39.7 Å². The van der Waals surface area contributed by atoms with E-state index >= 15 is 0 Å². The number of aliphatic hydroxyl groups is 1. The van der Waals surface area contributed by atoms with Crippen LogP contribution >= 0.6 is 27.5 Å². The monoisotopic (exact) mass is 384 g/mol. The standard InChI is InChI=1S/C15H14BrClN2O3/c1-22-11-4-2-9(3-5-11)13(20)8-19-15(21)12-6-10(16)7-18-14(12)17/h2-7,13,20H,8H2,1H3,(H,19,21). The van der Waals surface area contributed by atoms with Crippen LogP contribution in [0.2, 0.25) is 5.15 Å². The van der Waals surface area contributed by atoms with E-state index in [1.807, 2.05) is 0 Å². The molecule has 2 rings (SSSR count). The fourth-order valence-corrected chi connectivity index (χ4v) is 2.33. The molecule has 1 aromatic carbocycles. The molecule has 22 heavy (non-hydrogen) atoms. The summed E-state index contributed by atoms with van der Waals surface area (Å²) < 4.78 is 5.70. The maximum atomic E-state index is 12.1. The third kappa shape index (κ3) is 4.19. The van der Waals surface area contributed by atoms with Gasteiger partial charge >= 0.3 is 0 Å². The van der Waals surface area contributed by atoms with Crippen molar-refractivity contribution in [1.82, 2.24) is 10.3 Å². The van der Waals surface area contributed by atoms with Gasteiger partial charge in [0, 0.05) is 17.2 Å². The highest BCUT2D eigenvalue weighted by atomic mass is 79.9. The van der Waals surface area contributed by atoms with Crippen LogP contribution in [0.25, 0.3) is 0 Å². The van der Waals surface area contributed by atoms with Crippen molar-refractivity contribution in [2.45, 2.75) is 6.10 Å². The predicted molar refractivity (Wildman–Crippen MR) is 87.2 cm³/mol. The molecule has 0 fully saturated rings. The summed E-state index contributed by atoms with van der Waals surface area (Å²) in [4.78, 5) is 16.0. The van der Waals surface area contributed by atoms with Gasteiger partial charge in [0.15, 0.2) is 0 Å². The zero-order valence-electron chi connectivity index (χ0n) is 11.7. The Morgan fingerprint density at radius 3 is 2.77 bits per heavy atom. The molecule has 2 N–H and O–H groups in total. The van der Waals surface area contributed by atoms with Crippen molar-refractivity contribution in [3.8, 4) is 5.75 Å². The molecular weight excluding hydrogens is 372 g/mol. The summed E-state index contributed by atoms with van der Waals surface area (Å²) in [5.74, 6) is 0.304. The lowest BCUT2D eigenvalue weighted by molar-refractivity contribution is 0.0916. The number of hydrogen-bond acceptors (Lipinski definition) is 4. The smallest absolute Gasteiger partial charge is 0.254 e. The summed E-state index contributed by atoms with van der Waals surface area (Å²) in [6.07, 6.45) is 0.680. The zero-order chi connectivity index (χ0) is 16.1. The van der Waals surface area contributed by atoms with Gasteiger partial charge in [-0.1, -0.05) is 23.7 Å². The Morgan fingerprint density at radius 1 is 1.45 bits per heavy atom. The Balaban J connectivity index is 1.99. The lowest BCUT2D eigenvalue weighted by Crippen LogP contribution is -2.28. The minimum absolute atomic E-state index is 0.0635. The molecule has 0 aliphatic rings. The molecule has 1 atom stereocenters. The van der Waals surface area contributed by atoms with E-state index in [-0.39, 0.29) is 17.3 Å². The van der Waals surface area contributed by atoms with Gasteiger partial charge in [0.25, 0.3) is 5.91 Å². The molecule has 0 bridgehead atoms. The molecule has 0 spiro atoms. The molecule has 1 aromatic heterocycles. The summed E-state index contributed by atoms with van der Waals surface area (Å²) in [6.45, 7) is 0.0635. The molecule has 0 aliphatic carbocycles. The van der Waals surface area contributed by atoms with E-state index in [1.54, 1.807) is 37.4 Å². The molecule has 1 unspecified atom stereocenters. The average molecular weight is 386 g/mol. The molecule has 0 radical (unpaired) electrons. The number of nitrogens with one attached hydrogen (secondary N) is 1. The predicted octanol–water partition coefficient (Wildman–Crippen LogP) is 2.97. The highest BCUT2D eigenvalue weighted by Gasteiger charge is 2.14. The van der Waals surface area contributed by atoms with Crippen molar-refractivity contribution >= 4 is 33.4 Å². The van der Waals surface area contributed by atoms with E-state index in [1.165, 1.54) is 6.20 Å². The minimum Gasteiger partial charge on any atom is -0.497 e. The highest BCUT2D eigenvalue weighted by Crippen LogP contribution is 2.19. The van der Waals surface area contributed by atoms with Gasteiger partial charge in [0.1, 0.15) is 10.9 Å². The number of aliphatic hydroxyl groups excluding tert-OH is 1. The maximum absolute atomic E-state index is 12.1. The maximum Gasteiger partial charge on any atom is 0.254 e. The Morgan fingerprint density at radius 2 is 2.14 bits per heavy atom. The van der Waals surface area contributed by atoms with Crippen molar-refractivity contribution in [3.63, 3.8) is 0 Å². The molecular formula is C15H14BrClN2O3. The van der Waals surface area contributed by atoms with Gasteiger partial charge < -0.3 is 15.2 Å². The van der Waals surface area contributed by atoms with E-state index in [9.17, 15) is 9.90 Å². The number of pyridine rings is 1. The van der Waals surface area contributed by atoms with Crippen LogP contribution in [0, 0.1) is 0 Å². The zero-order valence-corrected chi connectivity index (χ0v) is 14.1. The van der Waals surface area contributed by atoms with E-state index in [4.69, 9.17) is 16.3 Å². The fraction of sp³-hybridized carbons (Fsp3) is 0.200. The molecule has 0 aliphatic heterocycles. The molecule has 2 aromatic rings. The number of hydrogen-bond donors (Lipinski definition) is 2. The molecule has 5 nitrogen and oxygen atoms in total. The number of ether oxygens (including phenoxy) is 1. The van der Waals surface area contributed by atoms with Crippen molar-refractivity contribution in [1.29, 1.82) is 0 Å². The number of rotatable bonds is 5. The minimum atomic E-state index is -0.825. The van der Waals surface area contributed by atoms with Gasteiger partial charge in [-0.25, -0.2) is 4.98 Å². The topological polar surface area (TPSA) is 71.5 Å². The van der Waals surface area contributed by atoms with Crippen LogP contribution in [0.4, 0.5) is 0 Å². The molecule has 0 saturated heterocycles. The molecule has 7 heteroatoms. The lowest BCUT2D eigenvalue weighted by Gasteiger charge is -2.13. The summed E-state index contributed by atoms with van der Waals surface area (Å²) in [6, 6.07) is 8.54. The van der Waals surface area contributed by atoms with Crippen LogP contribution < -0.4 is 10.1 Å². The largest absolute Gasteiger partial charge is 0.497 e. The van der Waals surface area contributed by atoms with E-state index in [0.29, 0.717) is 15.8 Å². The summed E-state index contributed by atoms with van der Waals surface area (Å²) in [5.41, 5.74) is 0.928. The Labute approximate surface area is 141 Å². The Hall–Kier alpha value is -1.63. The van der Waals surface area contributed by atoms with Gasteiger partial charge in [0.2, 0.25) is 0 Å². The quantitative estimate of drug-likeness (QED) is 0.776. The Kier molecular flexibility index (Phi) is 5.76. The second-order valence-electron chi connectivity index (χ2n) is 4.49. The number of carbonyl (C=O) groups excluding carboxylic acids is 1. The second-order valence-corrected chi connectivity index (χ2v) is 5.76. The number of methoxy groups -OCH3 is 1. The van der Waals surface area contributed by atoms with Crippen LogP contribution in [0.1, 0.15) is 22.0 Å². The van der Waals surface area contributed by atoms with Gasteiger partial charge in [-0.15, -0.1) is 0 Å². The first-order chi connectivity index (χ1) is 10.5. The third-order valence-corrected chi connectivity index (χ3v) is 3.74. The summed E-state index contributed by atoms with van der Waals surface area (Å²) >= 11 is 9.12. The van der Waals surface area contributed by atoms with Crippen LogP contribution in [-0.2, 0) is 0 Å². The van der Waals surface area contributed by atoms with Crippen molar-refractivity contribution < 1.29 is 14.6 Å². The summed E-state index contributed by atoms with van der Waals surface area (Å²) in [7, 11) is 1.57. The fourth-order valence-electron chi connectivity index (χ4n) is 1.81. The number of carbonyl (C=O) groups is 1. The SMILES string of the molecule is COc1ccc(C(O)CNC(=O)c2cc(Br)cnc2Cl)cc1. The van der Waals surface area contributed by atoms with Crippen molar-refractivity contribution in [2.24, 2.45) is 0 Å². The van der Waals surface area contributed by atoms with Gasteiger partial charge in [0.05, 0.1) is 18.8 Å². The number of amides is 1. The van der Waals surface area contributed by atoms with Crippen LogP contribution in [-0.4, -0.2) is 29.7 Å².